The van der Waals surface area contributed by atoms with Crippen molar-refractivity contribution in [3.05, 3.63) is 42.5 Å². The van der Waals surface area contributed by atoms with Crippen molar-refractivity contribution in [3.63, 3.8) is 0 Å². The molecular weight excluding hydrogens is 379 g/mol. The first kappa shape index (κ1) is 17.3. The quantitative estimate of drug-likeness (QED) is 0.468. The number of hydrogen-bond acceptors (Lipinski definition) is 3. The first-order chi connectivity index (χ1) is 11.9. The van der Waals surface area contributed by atoms with Gasteiger partial charge < -0.3 is 0 Å². The van der Waals surface area contributed by atoms with Crippen LogP contribution in [-0.4, -0.2) is 37.7 Å². The van der Waals surface area contributed by atoms with E-state index in [1.54, 1.807) is 0 Å². The molecule has 1 aromatic rings. The van der Waals surface area contributed by atoms with Crippen molar-refractivity contribution in [3.8, 4) is 0 Å². The van der Waals surface area contributed by atoms with E-state index in [1.165, 1.54) is 10.0 Å². The number of carbonyl (C=O) groups is 1. The zero-order chi connectivity index (χ0) is 17.8. The second-order valence-electron chi connectivity index (χ2n) is 8.12. The summed E-state index contributed by atoms with van der Waals surface area (Å²) >= 11 is 0.240. The molecule has 4 heteroatoms. The second kappa shape index (κ2) is 6.26. The van der Waals surface area contributed by atoms with Crippen LogP contribution in [0.4, 0.5) is 0 Å². The van der Waals surface area contributed by atoms with E-state index >= 15 is 0 Å². The fourth-order valence-electron chi connectivity index (χ4n) is 5.06. The molecule has 0 radical (unpaired) electrons. The SMILES string of the molecule is C=C1C[C@@H]2OC(=O)[C@@H](C)[C@H]2C[C@@H]2[C@H]1C[C@H]([Se]c1ccccc1)[C@@]2(C)O. The Kier molecular flexibility index (Phi) is 4.34. The molecule has 2 saturated carbocycles. The molecule has 25 heavy (non-hydrogen) atoms. The Morgan fingerprint density at radius 1 is 1.28 bits per heavy atom. The molecule has 0 unspecified atom stereocenters. The van der Waals surface area contributed by atoms with Crippen molar-refractivity contribution < 1.29 is 14.6 Å². The van der Waals surface area contributed by atoms with Crippen LogP contribution in [0.1, 0.15) is 33.1 Å². The number of aliphatic hydroxyl groups is 1. The van der Waals surface area contributed by atoms with Crippen LogP contribution in [0.15, 0.2) is 42.5 Å². The predicted octanol–water partition coefficient (Wildman–Crippen LogP) is 2.72. The van der Waals surface area contributed by atoms with Gasteiger partial charge in [0.15, 0.2) is 0 Å². The average molecular weight is 405 g/mol. The molecule has 3 aliphatic rings. The average Bonchev–Trinajstić information content (AvgIpc) is 2.91. The summed E-state index contributed by atoms with van der Waals surface area (Å²) in [6.07, 6.45) is 2.61. The summed E-state index contributed by atoms with van der Waals surface area (Å²) in [5.74, 6) is 0.605. The molecule has 7 atom stereocenters. The van der Waals surface area contributed by atoms with Crippen molar-refractivity contribution in [2.24, 2.45) is 23.7 Å². The van der Waals surface area contributed by atoms with Crippen molar-refractivity contribution in [2.75, 3.05) is 0 Å². The molecule has 1 aromatic carbocycles. The summed E-state index contributed by atoms with van der Waals surface area (Å²) in [6.45, 7) is 8.33. The van der Waals surface area contributed by atoms with Crippen molar-refractivity contribution in [2.45, 2.75) is 49.6 Å². The van der Waals surface area contributed by atoms with Gasteiger partial charge in [-0.1, -0.05) is 0 Å². The van der Waals surface area contributed by atoms with Crippen molar-refractivity contribution in [1.82, 2.24) is 0 Å². The van der Waals surface area contributed by atoms with Crippen LogP contribution >= 0.6 is 0 Å². The molecule has 3 nitrogen and oxygen atoms in total. The number of benzene rings is 1. The molecule has 1 saturated heterocycles. The van der Waals surface area contributed by atoms with Crippen molar-refractivity contribution in [1.29, 1.82) is 0 Å². The van der Waals surface area contributed by atoms with Gasteiger partial charge in [-0.25, -0.2) is 0 Å². The van der Waals surface area contributed by atoms with Gasteiger partial charge in [0.1, 0.15) is 0 Å². The summed E-state index contributed by atoms with van der Waals surface area (Å²) in [7, 11) is 0. The molecule has 1 aliphatic heterocycles. The van der Waals surface area contributed by atoms with Crippen LogP contribution in [0.2, 0.25) is 4.82 Å². The topological polar surface area (TPSA) is 46.5 Å². The van der Waals surface area contributed by atoms with E-state index in [4.69, 9.17) is 4.74 Å². The molecule has 2 aliphatic carbocycles. The van der Waals surface area contributed by atoms with Gasteiger partial charge in [-0.3, -0.25) is 0 Å². The van der Waals surface area contributed by atoms with Crippen LogP contribution in [0.25, 0.3) is 0 Å². The summed E-state index contributed by atoms with van der Waals surface area (Å²) < 4.78 is 6.95. The van der Waals surface area contributed by atoms with Gasteiger partial charge in [0.05, 0.1) is 0 Å². The van der Waals surface area contributed by atoms with Crippen LogP contribution in [0.3, 0.4) is 0 Å². The Hall–Kier alpha value is -1.09. The first-order valence-electron chi connectivity index (χ1n) is 9.20. The summed E-state index contributed by atoms with van der Waals surface area (Å²) in [5.41, 5.74) is 0.468. The minimum absolute atomic E-state index is 0.0329. The second-order valence-corrected chi connectivity index (χ2v) is 10.8. The molecule has 0 bridgehead atoms. The van der Waals surface area contributed by atoms with E-state index in [-0.39, 0.29) is 44.8 Å². The van der Waals surface area contributed by atoms with Gasteiger partial charge in [0.25, 0.3) is 0 Å². The van der Waals surface area contributed by atoms with Gasteiger partial charge in [0, 0.05) is 0 Å². The third kappa shape index (κ3) is 2.89. The summed E-state index contributed by atoms with van der Waals surface area (Å²) in [6, 6.07) is 10.5. The minimum atomic E-state index is -0.705. The number of rotatable bonds is 2. The zero-order valence-electron chi connectivity index (χ0n) is 14.9. The Bertz CT molecular complexity index is 684. The zero-order valence-corrected chi connectivity index (χ0v) is 16.6. The summed E-state index contributed by atoms with van der Waals surface area (Å²) in [5, 5.41) is 11.5. The van der Waals surface area contributed by atoms with E-state index < -0.39 is 5.60 Å². The molecule has 0 aromatic heterocycles. The third-order valence-corrected chi connectivity index (χ3v) is 9.79. The van der Waals surface area contributed by atoms with Crippen LogP contribution in [-0.2, 0) is 9.53 Å². The molecule has 1 heterocycles. The Balaban J connectivity index is 1.60. The molecule has 0 amide bonds. The molecule has 3 fully saturated rings. The maximum absolute atomic E-state index is 12.0. The van der Waals surface area contributed by atoms with Gasteiger partial charge in [0.2, 0.25) is 0 Å². The third-order valence-electron chi connectivity index (χ3n) is 6.65. The fourth-order valence-corrected chi connectivity index (χ4v) is 7.91. The Labute approximate surface area is 156 Å². The van der Waals surface area contributed by atoms with E-state index in [1.807, 2.05) is 19.9 Å². The van der Waals surface area contributed by atoms with Crippen LogP contribution in [0.5, 0.6) is 0 Å². The fraction of sp³-hybridized carbons (Fsp3) is 0.571. The number of ether oxygens (including phenoxy) is 1. The van der Waals surface area contributed by atoms with Gasteiger partial charge in [-0.15, -0.1) is 0 Å². The predicted molar refractivity (Wildman–Crippen MR) is 98.7 cm³/mol. The number of hydrogen-bond donors (Lipinski definition) is 1. The van der Waals surface area contributed by atoms with Gasteiger partial charge in [-0.2, -0.15) is 0 Å². The monoisotopic (exact) mass is 406 g/mol. The van der Waals surface area contributed by atoms with E-state index in [2.05, 4.69) is 30.8 Å². The van der Waals surface area contributed by atoms with Crippen LogP contribution < -0.4 is 4.46 Å². The van der Waals surface area contributed by atoms with Crippen molar-refractivity contribution >= 4 is 25.4 Å². The standard InChI is InChI=1S/C21H26O3Se/c1-12-9-18-16(13(2)20(22)24-18)10-17-15(12)11-19(21(17,3)23)25-14-7-5-4-6-8-14/h4-8,13,15-19,23H,1,9-11H2,2-3H3/t13-,15-,16+,17+,18-,19-,21-/m0/s1. The number of fused-ring (bicyclic) bond motifs is 2. The van der Waals surface area contributed by atoms with Gasteiger partial charge >= 0.3 is 156 Å². The van der Waals surface area contributed by atoms with Crippen LogP contribution in [0, 0.1) is 23.7 Å². The maximum atomic E-state index is 12.0. The normalized spacial score (nSPS) is 43.3. The Morgan fingerprint density at radius 3 is 2.72 bits per heavy atom. The molecule has 134 valence electrons. The first-order valence-corrected chi connectivity index (χ1v) is 11.0. The molecular formula is C21H26O3Se. The molecule has 1 N–H and O–H groups in total. The summed E-state index contributed by atoms with van der Waals surface area (Å²) in [4.78, 5) is 12.3. The number of esters is 1. The van der Waals surface area contributed by atoms with E-state index in [0.717, 1.165) is 19.3 Å². The molecule has 0 spiro atoms. The molecule has 4 rings (SSSR count). The number of carbonyl (C=O) groups excluding carboxylic acids is 1. The van der Waals surface area contributed by atoms with Gasteiger partial charge in [-0.05, 0) is 0 Å². The van der Waals surface area contributed by atoms with E-state index in [9.17, 15) is 9.90 Å². The van der Waals surface area contributed by atoms with E-state index in [0.29, 0.717) is 10.7 Å². The Morgan fingerprint density at radius 2 is 2.00 bits per heavy atom.